The Balaban J connectivity index is 2.49. The second-order valence-electron chi connectivity index (χ2n) is 7.55. The van der Waals surface area contributed by atoms with Crippen molar-refractivity contribution < 1.29 is 9.90 Å². The lowest BCUT2D eigenvalue weighted by atomic mass is 9.83. The number of benzene rings is 1. The largest absolute Gasteiger partial charge is 0.464 e. The molecular weight excluding hydrogens is 394 g/mol. The number of anilines is 1. The topological polar surface area (TPSA) is 58.4 Å². The SMILES string of the molecule is CN(C)c1cc(-c2c(C(C)(C)C)c3cc(Br)ccc3n2C(=O)O)ccn1. The predicted octanol–water partition coefficient (Wildman–Crippen LogP) is 5.36. The molecule has 3 rings (SSSR count). The fourth-order valence-electron chi connectivity index (χ4n) is 3.30. The van der Waals surface area contributed by atoms with Crippen molar-refractivity contribution in [3.8, 4) is 11.3 Å². The highest BCUT2D eigenvalue weighted by atomic mass is 79.9. The number of hydrogen-bond acceptors (Lipinski definition) is 3. The third-order valence-electron chi connectivity index (χ3n) is 4.35. The van der Waals surface area contributed by atoms with Gasteiger partial charge in [-0.2, -0.15) is 0 Å². The molecule has 6 heteroatoms. The number of fused-ring (bicyclic) bond motifs is 1. The van der Waals surface area contributed by atoms with E-state index in [0.717, 1.165) is 26.8 Å². The second-order valence-corrected chi connectivity index (χ2v) is 8.47. The average Bonchev–Trinajstić information content (AvgIpc) is 2.89. The fourth-order valence-corrected chi connectivity index (χ4v) is 3.67. The maximum Gasteiger partial charge on any atom is 0.416 e. The van der Waals surface area contributed by atoms with E-state index in [2.05, 4.69) is 41.7 Å². The number of carbonyl (C=O) groups is 1. The van der Waals surface area contributed by atoms with Gasteiger partial charge in [0.15, 0.2) is 0 Å². The fraction of sp³-hybridized carbons (Fsp3) is 0.300. The summed E-state index contributed by atoms with van der Waals surface area (Å²) < 4.78 is 2.31. The van der Waals surface area contributed by atoms with Crippen LogP contribution in [0.1, 0.15) is 26.3 Å². The molecule has 5 nitrogen and oxygen atoms in total. The van der Waals surface area contributed by atoms with Crippen LogP contribution in [0.4, 0.5) is 10.6 Å². The van der Waals surface area contributed by atoms with Gasteiger partial charge >= 0.3 is 6.09 Å². The van der Waals surface area contributed by atoms with Crippen molar-refractivity contribution in [1.82, 2.24) is 9.55 Å². The van der Waals surface area contributed by atoms with Crippen LogP contribution in [0.15, 0.2) is 41.0 Å². The van der Waals surface area contributed by atoms with Crippen molar-refractivity contribution >= 4 is 38.7 Å². The van der Waals surface area contributed by atoms with E-state index in [4.69, 9.17) is 0 Å². The van der Waals surface area contributed by atoms with Gasteiger partial charge in [0.2, 0.25) is 0 Å². The first kappa shape index (κ1) is 18.5. The highest BCUT2D eigenvalue weighted by molar-refractivity contribution is 9.10. The van der Waals surface area contributed by atoms with E-state index >= 15 is 0 Å². The van der Waals surface area contributed by atoms with Gasteiger partial charge in [0.05, 0.1) is 11.2 Å². The minimum atomic E-state index is -0.994. The highest BCUT2D eigenvalue weighted by Gasteiger charge is 2.29. The molecule has 26 heavy (non-hydrogen) atoms. The van der Waals surface area contributed by atoms with E-state index < -0.39 is 6.09 Å². The van der Waals surface area contributed by atoms with E-state index in [-0.39, 0.29) is 5.41 Å². The molecular formula is C20H22BrN3O2. The Hall–Kier alpha value is -2.34. The maximum absolute atomic E-state index is 12.2. The quantitative estimate of drug-likeness (QED) is 0.612. The molecule has 0 aliphatic carbocycles. The third kappa shape index (κ3) is 3.09. The van der Waals surface area contributed by atoms with Crippen LogP contribution >= 0.6 is 15.9 Å². The van der Waals surface area contributed by atoms with Crippen LogP contribution in [0.25, 0.3) is 22.2 Å². The first-order valence-corrected chi connectivity index (χ1v) is 9.12. The van der Waals surface area contributed by atoms with E-state index in [1.54, 1.807) is 6.20 Å². The van der Waals surface area contributed by atoms with Crippen molar-refractivity contribution in [2.24, 2.45) is 0 Å². The van der Waals surface area contributed by atoms with Gasteiger partial charge in [-0.1, -0.05) is 36.7 Å². The lowest BCUT2D eigenvalue weighted by molar-refractivity contribution is 0.198. The van der Waals surface area contributed by atoms with E-state index in [1.165, 1.54) is 4.57 Å². The monoisotopic (exact) mass is 415 g/mol. The summed E-state index contributed by atoms with van der Waals surface area (Å²) in [6.45, 7) is 6.31. The van der Waals surface area contributed by atoms with Crippen LogP contribution < -0.4 is 4.90 Å². The first-order chi connectivity index (χ1) is 12.1. The summed E-state index contributed by atoms with van der Waals surface area (Å²) in [5.74, 6) is 0.783. The highest BCUT2D eigenvalue weighted by Crippen LogP contribution is 2.42. The summed E-state index contributed by atoms with van der Waals surface area (Å²) >= 11 is 3.52. The molecule has 0 spiro atoms. The van der Waals surface area contributed by atoms with Crippen LogP contribution in [0.3, 0.4) is 0 Å². The van der Waals surface area contributed by atoms with E-state index in [0.29, 0.717) is 11.2 Å². The summed E-state index contributed by atoms with van der Waals surface area (Å²) in [5, 5.41) is 10.9. The Bertz CT molecular complexity index is 1000. The van der Waals surface area contributed by atoms with Gasteiger partial charge in [-0.3, -0.25) is 0 Å². The Morgan fingerprint density at radius 3 is 2.46 bits per heavy atom. The standard InChI is InChI=1S/C20H22BrN3O2/c1-20(2,3)17-14-11-13(21)6-7-15(14)24(19(25)26)18(17)12-8-9-22-16(10-12)23(4)5/h6-11H,1-5H3,(H,25,26). The molecule has 2 aromatic heterocycles. The average molecular weight is 416 g/mol. The van der Waals surface area contributed by atoms with E-state index in [9.17, 15) is 9.90 Å². The zero-order chi connectivity index (χ0) is 19.2. The summed E-state index contributed by atoms with van der Waals surface area (Å²) in [4.78, 5) is 18.4. The summed E-state index contributed by atoms with van der Waals surface area (Å²) in [6.07, 6.45) is 0.725. The van der Waals surface area contributed by atoms with Crippen molar-refractivity contribution in [1.29, 1.82) is 0 Å². The van der Waals surface area contributed by atoms with Gasteiger partial charge in [-0.15, -0.1) is 0 Å². The number of halogens is 1. The second kappa shape index (κ2) is 6.43. The maximum atomic E-state index is 12.2. The van der Waals surface area contributed by atoms with Crippen LogP contribution in [0.2, 0.25) is 0 Å². The Morgan fingerprint density at radius 1 is 1.19 bits per heavy atom. The van der Waals surface area contributed by atoms with Crippen LogP contribution in [-0.2, 0) is 5.41 Å². The van der Waals surface area contributed by atoms with Gasteiger partial charge in [0.25, 0.3) is 0 Å². The van der Waals surface area contributed by atoms with Crippen LogP contribution in [0, 0.1) is 0 Å². The lowest BCUT2D eigenvalue weighted by Crippen LogP contribution is -2.16. The molecule has 0 saturated carbocycles. The van der Waals surface area contributed by atoms with Crippen molar-refractivity contribution in [2.75, 3.05) is 19.0 Å². The predicted molar refractivity (Wildman–Crippen MR) is 109 cm³/mol. The number of hydrogen-bond donors (Lipinski definition) is 1. The van der Waals surface area contributed by atoms with Gasteiger partial charge in [0.1, 0.15) is 5.82 Å². The van der Waals surface area contributed by atoms with Crippen LogP contribution in [0.5, 0.6) is 0 Å². The molecule has 0 amide bonds. The van der Waals surface area contributed by atoms with Crippen LogP contribution in [-0.4, -0.2) is 34.8 Å². The van der Waals surface area contributed by atoms with Gasteiger partial charge < -0.3 is 10.0 Å². The van der Waals surface area contributed by atoms with Gasteiger partial charge in [-0.05, 0) is 41.3 Å². The zero-order valence-corrected chi connectivity index (χ0v) is 17.1. The van der Waals surface area contributed by atoms with Crippen molar-refractivity contribution in [3.63, 3.8) is 0 Å². The first-order valence-electron chi connectivity index (χ1n) is 8.32. The molecule has 0 fully saturated rings. The molecule has 0 radical (unpaired) electrons. The van der Waals surface area contributed by atoms with Crippen molar-refractivity contribution in [2.45, 2.75) is 26.2 Å². The molecule has 0 unspecified atom stereocenters. The molecule has 136 valence electrons. The molecule has 0 aliphatic heterocycles. The number of aromatic nitrogens is 2. The summed E-state index contributed by atoms with van der Waals surface area (Å²) in [7, 11) is 3.83. The zero-order valence-electron chi connectivity index (χ0n) is 15.5. The molecule has 0 saturated heterocycles. The molecule has 0 atom stereocenters. The smallest absolute Gasteiger partial charge is 0.416 e. The lowest BCUT2D eigenvalue weighted by Gasteiger charge is -2.22. The molecule has 0 aliphatic rings. The molecule has 2 heterocycles. The van der Waals surface area contributed by atoms with Gasteiger partial charge in [0, 0.05) is 35.7 Å². The van der Waals surface area contributed by atoms with Crippen molar-refractivity contribution in [3.05, 3.63) is 46.6 Å². The number of pyridine rings is 1. The van der Waals surface area contributed by atoms with E-state index in [1.807, 2.05) is 49.3 Å². The molecule has 0 bridgehead atoms. The Morgan fingerprint density at radius 2 is 1.88 bits per heavy atom. The number of nitrogens with zero attached hydrogens (tertiary/aromatic N) is 3. The molecule has 1 N–H and O–H groups in total. The normalized spacial score (nSPS) is 11.8. The third-order valence-corrected chi connectivity index (χ3v) is 4.84. The minimum Gasteiger partial charge on any atom is -0.464 e. The number of rotatable bonds is 2. The van der Waals surface area contributed by atoms with Gasteiger partial charge in [-0.25, -0.2) is 14.3 Å². The Labute approximate surface area is 161 Å². The summed E-state index contributed by atoms with van der Waals surface area (Å²) in [5.41, 5.74) is 2.99. The minimum absolute atomic E-state index is 0.239. The summed E-state index contributed by atoms with van der Waals surface area (Å²) in [6, 6.07) is 9.51. The molecule has 1 aromatic carbocycles. The number of carboxylic acid groups (broad SMARTS) is 1. The Kier molecular flexibility index (Phi) is 4.56. The molecule has 3 aromatic rings.